The van der Waals surface area contributed by atoms with Gasteiger partial charge in [0.2, 0.25) is 0 Å². The number of ether oxygens (including phenoxy) is 1. The van der Waals surface area contributed by atoms with E-state index >= 15 is 0 Å². The summed E-state index contributed by atoms with van der Waals surface area (Å²) in [4.78, 5) is 17.2. The summed E-state index contributed by atoms with van der Waals surface area (Å²) in [6, 6.07) is 8.27. The molecule has 2 atom stereocenters. The van der Waals surface area contributed by atoms with Gasteiger partial charge in [-0.2, -0.15) is 0 Å². The Kier molecular flexibility index (Phi) is 3.66. The molecule has 1 aliphatic carbocycles. The SMILES string of the molecule is Cc1ccc(C(=O)N2C[C@@H]3OCCN(CC4CC4)[C@@H]3C2)cc1. The molecule has 2 heterocycles. The van der Waals surface area contributed by atoms with Gasteiger partial charge < -0.3 is 9.64 Å². The Morgan fingerprint density at radius 1 is 1.23 bits per heavy atom. The summed E-state index contributed by atoms with van der Waals surface area (Å²) in [6.07, 6.45) is 2.95. The smallest absolute Gasteiger partial charge is 0.253 e. The third-order valence-corrected chi connectivity index (χ3v) is 5.19. The number of nitrogens with zero attached hydrogens (tertiary/aromatic N) is 2. The van der Waals surface area contributed by atoms with Crippen LogP contribution >= 0.6 is 0 Å². The molecule has 4 heteroatoms. The Morgan fingerprint density at radius 2 is 2.00 bits per heavy atom. The fourth-order valence-electron chi connectivity index (χ4n) is 3.66. The van der Waals surface area contributed by atoms with Crippen molar-refractivity contribution in [2.75, 3.05) is 32.8 Å². The number of hydrogen-bond acceptors (Lipinski definition) is 3. The van der Waals surface area contributed by atoms with Crippen LogP contribution in [0.3, 0.4) is 0 Å². The Hall–Kier alpha value is -1.39. The molecule has 1 saturated carbocycles. The molecule has 0 aromatic heterocycles. The van der Waals surface area contributed by atoms with Crippen molar-refractivity contribution in [1.82, 2.24) is 9.80 Å². The standard InChI is InChI=1S/C18H24N2O2/c1-13-2-6-15(7-3-13)18(21)20-11-16-17(12-20)22-9-8-19(16)10-14-4-5-14/h2-3,6-7,14,16-17H,4-5,8-12H2,1H3/t16-,17+/m1/s1. The first-order valence-corrected chi connectivity index (χ1v) is 8.42. The normalized spacial score (nSPS) is 28.7. The van der Waals surface area contributed by atoms with Gasteiger partial charge in [-0.15, -0.1) is 0 Å². The van der Waals surface area contributed by atoms with Crippen LogP contribution in [0.15, 0.2) is 24.3 Å². The Bertz CT molecular complexity index is 553. The van der Waals surface area contributed by atoms with E-state index in [9.17, 15) is 4.79 Å². The highest BCUT2D eigenvalue weighted by molar-refractivity contribution is 5.94. The van der Waals surface area contributed by atoms with Gasteiger partial charge in [-0.3, -0.25) is 9.69 Å². The molecule has 118 valence electrons. The van der Waals surface area contributed by atoms with E-state index in [-0.39, 0.29) is 12.0 Å². The summed E-state index contributed by atoms with van der Waals surface area (Å²) in [5, 5.41) is 0. The van der Waals surface area contributed by atoms with Gasteiger partial charge >= 0.3 is 0 Å². The quantitative estimate of drug-likeness (QED) is 0.855. The van der Waals surface area contributed by atoms with Crippen LogP contribution in [0.4, 0.5) is 0 Å². The predicted octanol–water partition coefficient (Wildman–Crippen LogP) is 1.93. The number of rotatable bonds is 3. The molecule has 1 amide bonds. The van der Waals surface area contributed by atoms with Gasteiger partial charge in [0.15, 0.2) is 0 Å². The topological polar surface area (TPSA) is 32.8 Å². The summed E-state index contributed by atoms with van der Waals surface area (Å²) in [7, 11) is 0. The Balaban J connectivity index is 1.45. The number of amides is 1. The second kappa shape index (κ2) is 5.67. The highest BCUT2D eigenvalue weighted by atomic mass is 16.5. The Morgan fingerprint density at radius 3 is 2.73 bits per heavy atom. The number of fused-ring (bicyclic) bond motifs is 1. The fourth-order valence-corrected chi connectivity index (χ4v) is 3.66. The molecule has 1 aromatic carbocycles. The number of likely N-dealkylation sites (tertiary alicyclic amines) is 1. The zero-order valence-electron chi connectivity index (χ0n) is 13.2. The van der Waals surface area contributed by atoms with Gasteiger partial charge in [0.25, 0.3) is 5.91 Å². The molecular weight excluding hydrogens is 276 g/mol. The summed E-state index contributed by atoms with van der Waals surface area (Å²) in [5.41, 5.74) is 1.98. The molecule has 4 nitrogen and oxygen atoms in total. The van der Waals surface area contributed by atoms with Crippen LogP contribution in [0, 0.1) is 12.8 Å². The van der Waals surface area contributed by atoms with Crippen LogP contribution in [0.5, 0.6) is 0 Å². The minimum Gasteiger partial charge on any atom is -0.373 e. The molecule has 4 rings (SSSR count). The summed E-state index contributed by atoms with van der Waals surface area (Å²) in [6.45, 7) is 6.60. The molecule has 0 bridgehead atoms. The number of benzene rings is 1. The van der Waals surface area contributed by atoms with Gasteiger partial charge in [-0.25, -0.2) is 0 Å². The first-order valence-electron chi connectivity index (χ1n) is 8.42. The van der Waals surface area contributed by atoms with Gasteiger partial charge in [0.1, 0.15) is 0 Å². The van der Waals surface area contributed by atoms with E-state index in [1.807, 2.05) is 36.1 Å². The molecule has 22 heavy (non-hydrogen) atoms. The van der Waals surface area contributed by atoms with Crippen molar-refractivity contribution in [1.29, 1.82) is 0 Å². The zero-order valence-corrected chi connectivity index (χ0v) is 13.2. The molecule has 0 N–H and O–H groups in total. The summed E-state index contributed by atoms with van der Waals surface area (Å²) in [5.74, 6) is 1.03. The van der Waals surface area contributed by atoms with E-state index in [1.54, 1.807) is 0 Å². The van der Waals surface area contributed by atoms with Crippen molar-refractivity contribution < 1.29 is 9.53 Å². The Labute approximate surface area is 132 Å². The van der Waals surface area contributed by atoms with Crippen molar-refractivity contribution in [2.45, 2.75) is 31.9 Å². The maximum atomic E-state index is 12.7. The molecule has 0 radical (unpaired) electrons. The van der Waals surface area contributed by atoms with Crippen LogP contribution in [0.1, 0.15) is 28.8 Å². The molecule has 2 saturated heterocycles. The zero-order chi connectivity index (χ0) is 15.1. The first kappa shape index (κ1) is 14.2. The van der Waals surface area contributed by atoms with Gasteiger partial charge in [-0.05, 0) is 37.8 Å². The van der Waals surface area contributed by atoms with E-state index < -0.39 is 0 Å². The molecule has 0 spiro atoms. The lowest BCUT2D eigenvalue weighted by Gasteiger charge is -2.36. The minimum atomic E-state index is 0.143. The predicted molar refractivity (Wildman–Crippen MR) is 84.9 cm³/mol. The maximum absolute atomic E-state index is 12.7. The van der Waals surface area contributed by atoms with Gasteiger partial charge in [0.05, 0.1) is 18.8 Å². The highest BCUT2D eigenvalue weighted by Crippen LogP contribution is 2.33. The van der Waals surface area contributed by atoms with E-state index in [4.69, 9.17) is 4.74 Å². The number of carbonyl (C=O) groups excluding carboxylic acids is 1. The van der Waals surface area contributed by atoms with Crippen LogP contribution in [-0.2, 0) is 4.74 Å². The lowest BCUT2D eigenvalue weighted by Crippen LogP contribution is -2.51. The van der Waals surface area contributed by atoms with Crippen LogP contribution in [0.25, 0.3) is 0 Å². The van der Waals surface area contributed by atoms with Gasteiger partial charge in [0, 0.05) is 31.7 Å². The minimum absolute atomic E-state index is 0.143. The lowest BCUT2D eigenvalue weighted by atomic mass is 10.1. The summed E-state index contributed by atoms with van der Waals surface area (Å²) >= 11 is 0. The van der Waals surface area contributed by atoms with Crippen LogP contribution in [-0.4, -0.2) is 60.6 Å². The average molecular weight is 300 g/mol. The average Bonchev–Trinajstić information content (AvgIpc) is 3.23. The largest absolute Gasteiger partial charge is 0.373 e. The number of morpholine rings is 1. The van der Waals surface area contributed by atoms with E-state index in [2.05, 4.69) is 4.90 Å². The van der Waals surface area contributed by atoms with Gasteiger partial charge in [-0.1, -0.05) is 17.7 Å². The molecule has 1 aromatic rings. The van der Waals surface area contributed by atoms with Crippen LogP contribution in [0.2, 0.25) is 0 Å². The van der Waals surface area contributed by atoms with E-state index in [1.165, 1.54) is 24.9 Å². The highest BCUT2D eigenvalue weighted by Gasteiger charge is 2.43. The van der Waals surface area contributed by atoms with Crippen molar-refractivity contribution >= 4 is 5.91 Å². The maximum Gasteiger partial charge on any atom is 0.253 e. The monoisotopic (exact) mass is 300 g/mol. The first-order chi connectivity index (χ1) is 10.7. The molecule has 2 aliphatic heterocycles. The molecule has 3 aliphatic rings. The van der Waals surface area contributed by atoms with E-state index in [0.29, 0.717) is 6.04 Å². The number of carbonyl (C=O) groups is 1. The van der Waals surface area contributed by atoms with Crippen molar-refractivity contribution in [3.63, 3.8) is 0 Å². The second-order valence-corrected chi connectivity index (χ2v) is 6.99. The fraction of sp³-hybridized carbons (Fsp3) is 0.611. The van der Waals surface area contributed by atoms with Crippen molar-refractivity contribution in [3.8, 4) is 0 Å². The number of aryl methyl sites for hydroxylation is 1. The number of hydrogen-bond donors (Lipinski definition) is 0. The third-order valence-electron chi connectivity index (χ3n) is 5.19. The second-order valence-electron chi connectivity index (χ2n) is 6.99. The molecular formula is C18H24N2O2. The van der Waals surface area contributed by atoms with Crippen molar-refractivity contribution in [2.24, 2.45) is 5.92 Å². The third kappa shape index (κ3) is 2.77. The van der Waals surface area contributed by atoms with E-state index in [0.717, 1.165) is 37.7 Å². The van der Waals surface area contributed by atoms with Crippen molar-refractivity contribution in [3.05, 3.63) is 35.4 Å². The molecule has 0 unspecified atom stereocenters. The van der Waals surface area contributed by atoms with Crippen LogP contribution < -0.4 is 0 Å². The summed E-state index contributed by atoms with van der Waals surface area (Å²) < 4.78 is 5.93. The molecule has 3 fully saturated rings. The lowest BCUT2D eigenvalue weighted by molar-refractivity contribution is -0.0484.